The average molecular weight is 320 g/mol. The number of carbonyl (C=O) groups is 1. The molecule has 1 heterocycles. The minimum atomic E-state index is -0.201. The molecule has 22 heavy (non-hydrogen) atoms. The van der Waals surface area contributed by atoms with Crippen LogP contribution in [0.15, 0.2) is 40.5 Å². The predicted octanol–water partition coefficient (Wildman–Crippen LogP) is 1.80. The fraction of sp³-hybridized carbons (Fsp3) is 0.375. The highest BCUT2D eigenvalue weighted by Gasteiger charge is 2.22. The van der Waals surface area contributed by atoms with E-state index in [4.69, 9.17) is 0 Å². The van der Waals surface area contributed by atoms with Gasteiger partial charge in [-0.1, -0.05) is 41.7 Å². The molecule has 0 aliphatic carbocycles. The van der Waals surface area contributed by atoms with E-state index in [9.17, 15) is 14.7 Å². The molecule has 1 N–H and O–H groups in total. The van der Waals surface area contributed by atoms with Crippen LogP contribution in [-0.2, 0) is 11.3 Å². The molecule has 0 spiro atoms. The molecular formula is C16H20N2O3S. The third-order valence-electron chi connectivity index (χ3n) is 3.72. The number of aliphatic hydroxyl groups excluding tert-OH is 1. The summed E-state index contributed by atoms with van der Waals surface area (Å²) in [6.07, 6.45) is 0.462. The first-order valence-corrected chi connectivity index (χ1v) is 7.99. The second-order valence-electron chi connectivity index (χ2n) is 5.17. The number of thiazole rings is 1. The van der Waals surface area contributed by atoms with Crippen molar-refractivity contribution in [1.29, 1.82) is 0 Å². The normalized spacial score (nSPS) is 12.1. The van der Waals surface area contributed by atoms with E-state index in [0.717, 1.165) is 22.6 Å². The highest BCUT2D eigenvalue weighted by molar-refractivity contribution is 7.07. The molecule has 118 valence electrons. The van der Waals surface area contributed by atoms with Gasteiger partial charge in [0.1, 0.15) is 6.54 Å². The van der Waals surface area contributed by atoms with Gasteiger partial charge in [0.15, 0.2) is 0 Å². The summed E-state index contributed by atoms with van der Waals surface area (Å²) in [6, 6.07) is 9.40. The minimum Gasteiger partial charge on any atom is -0.396 e. The van der Waals surface area contributed by atoms with Crippen molar-refractivity contribution in [2.24, 2.45) is 0 Å². The molecule has 0 radical (unpaired) electrons. The predicted molar refractivity (Wildman–Crippen MR) is 87.0 cm³/mol. The number of amides is 1. The molecular weight excluding hydrogens is 300 g/mol. The summed E-state index contributed by atoms with van der Waals surface area (Å²) in [4.78, 5) is 25.7. The monoisotopic (exact) mass is 320 g/mol. The number of carbonyl (C=O) groups excluding carboxylic acids is 1. The lowest BCUT2D eigenvalue weighted by molar-refractivity contribution is -0.133. The Morgan fingerprint density at radius 1 is 1.36 bits per heavy atom. The summed E-state index contributed by atoms with van der Waals surface area (Å²) >= 11 is 1.10. The third kappa shape index (κ3) is 3.64. The van der Waals surface area contributed by atoms with Crippen molar-refractivity contribution in [2.45, 2.75) is 25.9 Å². The summed E-state index contributed by atoms with van der Waals surface area (Å²) < 4.78 is 1.48. The number of nitrogens with zero attached hydrogens (tertiary/aromatic N) is 2. The van der Waals surface area contributed by atoms with Gasteiger partial charge in [-0.2, -0.15) is 0 Å². The largest absolute Gasteiger partial charge is 0.396 e. The standard InChI is InChI=1S/C16H20N2O3S/c1-12-11-22-16(21)18(12)10-15(20)17(2)14(8-9-19)13-6-4-3-5-7-13/h3-7,11,14,19H,8-10H2,1-2H3. The van der Waals surface area contributed by atoms with Crippen molar-refractivity contribution in [3.63, 3.8) is 0 Å². The van der Waals surface area contributed by atoms with Crippen molar-refractivity contribution in [2.75, 3.05) is 13.7 Å². The van der Waals surface area contributed by atoms with Gasteiger partial charge in [0.05, 0.1) is 6.04 Å². The number of aliphatic hydroxyl groups is 1. The lowest BCUT2D eigenvalue weighted by Gasteiger charge is -2.28. The first-order valence-electron chi connectivity index (χ1n) is 7.11. The van der Waals surface area contributed by atoms with E-state index in [-0.39, 0.29) is 30.0 Å². The van der Waals surface area contributed by atoms with E-state index in [0.29, 0.717) is 6.42 Å². The lowest BCUT2D eigenvalue weighted by atomic mass is 10.0. The first-order chi connectivity index (χ1) is 10.5. The quantitative estimate of drug-likeness (QED) is 0.883. The molecule has 5 nitrogen and oxygen atoms in total. The molecule has 1 atom stereocenters. The van der Waals surface area contributed by atoms with E-state index < -0.39 is 0 Å². The highest BCUT2D eigenvalue weighted by Crippen LogP contribution is 2.23. The zero-order valence-corrected chi connectivity index (χ0v) is 13.5. The smallest absolute Gasteiger partial charge is 0.307 e. The summed E-state index contributed by atoms with van der Waals surface area (Å²) in [5, 5.41) is 11.0. The van der Waals surface area contributed by atoms with Crippen LogP contribution in [0.3, 0.4) is 0 Å². The Labute approximate surface area is 133 Å². The van der Waals surface area contributed by atoms with Crippen LogP contribution in [-0.4, -0.2) is 34.1 Å². The Morgan fingerprint density at radius 2 is 2.05 bits per heavy atom. The lowest BCUT2D eigenvalue weighted by Crippen LogP contribution is -2.36. The zero-order chi connectivity index (χ0) is 16.1. The maximum Gasteiger partial charge on any atom is 0.307 e. The number of likely N-dealkylation sites (N-methyl/N-ethyl adjacent to an activating group) is 1. The summed E-state index contributed by atoms with van der Waals surface area (Å²) in [7, 11) is 1.71. The van der Waals surface area contributed by atoms with Crippen LogP contribution in [0, 0.1) is 6.92 Å². The van der Waals surface area contributed by atoms with Gasteiger partial charge < -0.3 is 10.0 Å². The average Bonchev–Trinajstić information content (AvgIpc) is 2.84. The van der Waals surface area contributed by atoms with Crippen LogP contribution < -0.4 is 4.87 Å². The van der Waals surface area contributed by atoms with Gasteiger partial charge in [0.25, 0.3) is 0 Å². The Morgan fingerprint density at radius 3 is 2.59 bits per heavy atom. The number of hydrogen-bond acceptors (Lipinski definition) is 4. The molecule has 0 saturated heterocycles. The van der Waals surface area contributed by atoms with Gasteiger partial charge in [-0.25, -0.2) is 0 Å². The second-order valence-corrected chi connectivity index (χ2v) is 5.99. The van der Waals surface area contributed by atoms with E-state index in [2.05, 4.69) is 0 Å². The molecule has 1 amide bonds. The van der Waals surface area contributed by atoms with Gasteiger partial charge >= 0.3 is 4.87 Å². The number of rotatable bonds is 6. The van der Waals surface area contributed by atoms with Gasteiger partial charge in [0, 0.05) is 24.7 Å². The molecule has 2 aromatic rings. The minimum absolute atomic E-state index is 0.00535. The second kappa shape index (κ2) is 7.38. The molecule has 1 unspecified atom stereocenters. The number of aryl methyl sites for hydroxylation is 1. The zero-order valence-electron chi connectivity index (χ0n) is 12.7. The molecule has 1 aromatic heterocycles. The number of benzene rings is 1. The van der Waals surface area contributed by atoms with E-state index in [1.165, 1.54) is 4.57 Å². The Kier molecular flexibility index (Phi) is 5.51. The maximum atomic E-state index is 12.5. The summed E-state index contributed by atoms with van der Waals surface area (Å²) in [5.74, 6) is -0.147. The van der Waals surface area contributed by atoms with Crippen LogP contribution in [0.4, 0.5) is 0 Å². The van der Waals surface area contributed by atoms with Crippen LogP contribution in [0.1, 0.15) is 23.7 Å². The Balaban J connectivity index is 2.18. The molecule has 6 heteroatoms. The number of aromatic nitrogens is 1. The molecule has 0 fully saturated rings. The van der Waals surface area contributed by atoms with Gasteiger partial charge in [0.2, 0.25) is 5.91 Å². The SMILES string of the molecule is Cc1csc(=O)n1CC(=O)N(C)C(CCO)c1ccccc1. The van der Waals surface area contributed by atoms with Crippen LogP contribution in [0.5, 0.6) is 0 Å². The molecule has 2 rings (SSSR count). The molecule has 0 aliphatic heterocycles. The third-order valence-corrected chi connectivity index (χ3v) is 4.60. The number of hydrogen-bond donors (Lipinski definition) is 1. The van der Waals surface area contributed by atoms with Crippen LogP contribution >= 0.6 is 11.3 Å². The van der Waals surface area contributed by atoms with E-state index in [1.807, 2.05) is 37.3 Å². The fourth-order valence-electron chi connectivity index (χ4n) is 2.40. The van der Waals surface area contributed by atoms with Crippen molar-refractivity contribution >= 4 is 17.2 Å². The summed E-state index contributed by atoms with van der Waals surface area (Å²) in [5.41, 5.74) is 1.76. The van der Waals surface area contributed by atoms with Crippen molar-refractivity contribution in [3.8, 4) is 0 Å². The first kappa shape index (κ1) is 16.5. The van der Waals surface area contributed by atoms with Crippen molar-refractivity contribution in [3.05, 3.63) is 56.6 Å². The van der Waals surface area contributed by atoms with Gasteiger partial charge in [-0.15, -0.1) is 0 Å². The van der Waals surface area contributed by atoms with E-state index >= 15 is 0 Å². The van der Waals surface area contributed by atoms with Gasteiger partial charge in [-0.05, 0) is 18.9 Å². The topological polar surface area (TPSA) is 62.5 Å². The molecule has 0 aliphatic rings. The maximum absolute atomic E-state index is 12.5. The molecule has 1 aromatic carbocycles. The summed E-state index contributed by atoms with van der Waals surface area (Å²) in [6.45, 7) is 1.83. The van der Waals surface area contributed by atoms with Crippen molar-refractivity contribution < 1.29 is 9.90 Å². The van der Waals surface area contributed by atoms with Crippen LogP contribution in [0.2, 0.25) is 0 Å². The molecule has 0 bridgehead atoms. The molecule has 0 saturated carbocycles. The van der Waals surface area contributed by atoms with Crippen LogP contribution in [0.25, 0.3) is 0 Å². The highest BCUT2D eigenvalue weighted by atomic mass is 32.1. The van der Waals surface area contributed by atoms with Crippen molar-refractivity contribution in [1.82, 2.24) is 9.47 Å². The van der Waals surface area contributed by atoms with Gasteiger partial charge in [-0.3, -0.25) is 14.2 Å². The van der Waals surface area contributed by atoms with E-state index in [1.54, 1.807) is 17.3 Å². The Hall–Kier alpha value is -1.92. The Bertz CT molecular complexity index is 678. The fourth-order valence-corrected chi connectivity index (χ4v) is 3.13.